The maximum atomic E-state index is 13.3. The Bertz CT molecular complexity index is 1240. The molecule has 1 aliphatic rings. The number of para-hydroxylation sites is 2. The van der Waals surface area contributed by atoms with Gasteiger partial charge in [-0.05, 0) is 68.3 Å². The molecule has 7 heteroatoms. The summed E-state index contributed by atoms with van der Waals surface area (Å²) in [7, 11) is -2.15. The van der Waals surface area contributed by atoms with Crippen LogP contribution in [0.5, 0.6) is 5.75 Å². The Morgan fingerprint density at radius 2 is 1.77 bits per heavy atom. The first-order chi connectivity index (χ1) is 14.8. The van der Waals surface area contributed by atoms with Crippen LogP contribution < -0.4 is 14.4 Å². The Morgan fingerprint density at radius 3 is 2.48 bits per heavy atom. The fourth-order valence-corrected chi connectivity index (χ4v) is 5.57. The van der Waals surface area contributed by atoms with E-state index in [0.717, 1.165) is 11.1 Å². The second kappa shape index (κ2) is 8.07. The molecule has 0 radical (unpaired) electrons. The summed E-state index contributed by atoms with van der Waals surface area (Å²) in [6, 6.07) is 18.9. The largest absolute Gasteiger partial charge is 0.495 e. The monoisotopic (exact) mass is 436 g/mol. The molecule has 0 fully saturated rings. The van der Waals surface area contributed by atoms with Crippen molar-refractivity contribution in [3.63, 3.8) is 0 Å². The SMILES string of the molecule is COc1ccccc1NC(=O)c1ccc2c(c1)C[C@H](C)N2S(=O)(=O)c1ccc(C)cc1. The summed E-state index contributed by atoms with van der Waals surface area (Å²) < 4.78 is 33.3. The minimum absolute atomic E-state index is 0.242. The van der Waals surface area contributed by atoms with Gasteiger partial charge in [-0.15, -0.1) is 0 Å². The lowest BCUT2D eigenvalue weighted by molar-refractivity contribution is 0.102. The van der Waals surface area contributed by atoms with Gasteiger partial charge in [0, 0.05) is 11.6 Å². The molecule has 0 saturated carbocycles. The summed E-state index contributed by atoms with van der Waals surface area (Å²) >= 11 is 0. The lowest BCUT2D eigenvalue weighted by atomic mass is 10.1. The van der Waals surface area contributed by atoms with Crippen LogP contribution in [0.2, 0.25) is 0 Å². The van der Waals surface area contributed by atoms with E-state index in [2.05, 4.69) is 5.32 Å². The third-order valence-corrected chi connectivity index (χ3v) is 7.37. The summed E-state index contributed by atoms with van der Waals surface area (Å²) in [5.74, 6) is 0.292. The van der Waals surface area contributed by atoms with E-state index in [9.17, 15) is 13.2 Å². The van der Waals surface area contributed by atoms with Gasteiger partial charge < -0.3 is 10.1 Å². The van der Waals surface area contributed by atoms with Crippen LogP contribution in [-0.2, 0) is 16.4 Å². The van der Waals surface area contributed by atoms with Gasteiger partial charge in [-0.2, -0.15) is 0 Å². The average Bonchev–Trinajstić information content (AvgIpc) is 3.10. The molecule has 0 aliphatic carbocycles. The molecule has 0 bridgehead atoms. The van der Waals surface area contributed by atoms with Crippen LogP contribution in [-0.4, -0.2) is 27.5 Å². The van der Waals surface area contributed by atoms with Crippen molar-refractivity contribution in [2.45, 2.75) is 31.2 Å². The highest BCUT2D eigenvalue weighted by atomic mass is 32.2. The van der Waals surface area contributed by atoms with Crippen LogP contribution in [0.4, 0.5) is 11.4 Å². The standard InChI is InChI=1S/C24H24N2O4S/c1-16-8-11-20(12-9-16)31(28,29)26-17(2)14-19-15-18(10-13-22(19)26)24(27)25-21-6-4-5-7-23(21)30-3/h4-13,15,17H,14H2,1-3H3,(H,25,27)/t17-/m0/s1. The van der Waals surface area contributed by atoms with Crippen molar-refractivity contribution in [3.05, 3.63) is 83.4 Å². The summed E-state index contributed by atoms with van der Waals surface area (Å²) in [5, 5.41) is 2.86. The molecule has 160 valence electrons. The summed E-state index contributed by atoms with van der Waals surface area (Å²) in [5.41, 5.74) is 3.48. The maximum Gasteiger partial charge on any atom is 0.264 e. The molecule has 1 heterocycles. The van der Waals surface area contributed by atoms with Gasteiger partial charge in [-0.3, -0.25) is 9.10 Å². The van der Waals surface area contributed by atoms with Crippen molar-refractivity contribution in [1.29, 1.82) is 0 Å². The van der Waals surface area contributed by atoms with Gasteiger partial charge in [0.1, 0.15) is 5.75 Å². The number of nitrogens with zero attached hydrogens (tertiary/aromatic N) is 1. The van der Waals surface area contributed by atoms with E-state index < -0.39 is 10.0 Å². The van der Waals surface area contributed by atoms with Crippen molar-refractivity contribution in [3.8, 4) is 5.75 Å². The number of methoxy groups -OCH3 is 1. The van der Waals surface area contributed by atoms with Crippen molar-refractivity contribution < 1.29 is 17.9 Å². The van der Waals surface area contributed by atoms with Gasteiger partial charge in [0.25, 0.3) is 15.9 Å². The Morgan fingerprint density at radius 1 is 1.06 bits per heavy atom. The number of ether oxygens (including phenoxy) is 1. The number of hydrogen-bond donors (Lipinski definition) is 1. The first-order valence-electron chi connectivity index (χ1n) is 9.99. The third-order valence-electron chi connectivity index (χ3n) is 5.43. The zero-order valence-electron chi connectivity index (χ0n) is 17.6. The molecule has 6 nitrogen and oxygen atoms in total. The highest BCUT2D eigenvalue weighted by molar-refractivity contribution is 7.92. The first-order valence-corrected chi connectivity index (χ1v) is 11.4. The smallest absolute Gasteiger partial charge is 0.264 e. The molecular formula is C24H24N2O4S. The number of rotatable bonds is 5. The Kier molecular flexibility index (Phi) is 5.45. The molecule has 1 atom stereocenters. The predicted molar refractivity (Wildman–Crippen MR) is 121 cm³/mol. The van der Waals surface area contributed by atoms with Crippen molar-refractivity contribution in [1.82, 2.24) is 0 Å². The van der Waals surface area contributed by atoms with Crippen LogP contribution in [0.25, 0.3) is 0 Å². The second-order valence-corrected chi connectivity index (χ2v) is 9.48. The van der Waals surface area contributed by atoms with Crippen LogP contribution in [0.15, 0.2) is 71.6 Å². The number of sulfonamides is 1. The maximum absolute atomic E-state index is 13.3. The lowest BCUT2D eigenvalue weighted by Gasteiger charge is -2.24. The average molecular weight is 437 g/mol. The number of hydrogen-bond acceptors (Lipinski definition) is 4. The molecular weight excluding hydrogens is 412 g/mol. The Labute approximate surface area is 182 Å². The van der Waals surface area contributed by atoms with Gasteiger partial charge in [-0.25, -0.2) is 8.42 Å². The number of benzene rings is 3. The summed E-state index contributed by atoms with van der Waals surface area (Å²) in [4.78, 5) is 13.1. The predicted octanol–water partition coefficient (Wildman–Crippen LogP) is 4.40. The zero-order valence-corrected chi connectivity index (χ0v) is 18.4. The molecule has 1 N–H and O–H groups in total. The number of fused-ring (bicyclic) bond motifs is 1. The van der Waals surface area contributed by atoms with Crippen LogP contribution in [0, 0.1) is 6.92 Å². The van der Waals surface area contributed by atoms with Crippen LogP contribution in [0.3, 0.4) is 0 Å². The second-order valence-electron chi connectivity index (χ2n) is 7.66. The van der Waals surface area contributed by atoms with E-state index in [1.165, 1.54) is 4.31 Å². The topological polar surface area (TPSA) is 75.7 Å². The fourth-order valence-electron chi connectivity index (χ4n) is 3.88. The number of amides is 1. The van der Waals surface area contributed by atoms with Gasteiger partial charge >= 0.3 is 0 Å². The van der Waals surface area contributed by atoms with E-state index in [1.807, 2.05) is 26.0 Å². The van der Waals surface area contributed by atoms with E-state index in [-0.39, 0.29) is 16.8 Å². The highest BCUT2D eigenvalue weighted by Crippen LogP contribution is 2.37. The Balaban J connectivity index is 1.63. The number of aryl methyl sites for hydroxylation is 1. The van der Waals surface area contributed by atoms with Crippen molar-refractivity contribution >= 4 is 27.3 Å². The molecule has 4 rings (SSSR count). The van der Waals surface area contributed by atoms with Gasteiger partial charge in [0.15, 0.2) is 0 Å². The normalized spacial score (nSPS) is 15.5. The first kappa shape index (κ1) is 20.9. The quantitative estimate of drug-likeness (QED) is 0.643. The minimum Gasteiger partial charge on any atom is -0.495 e. The van der Waals surface area contributed by atoms with Crippen molar-refractivity contribution in [2.75, 3.05) is 16.7 Å². The van der Waals surface area contributed by atoms with Crippen LogP contribution in [0.1, 0.15) is 28.4 Å². The van der Waals surface area contributed by atoms with E-state index >= 15 is 0 Å². The number of anilines is 2. The molecule has 0 unspecified atom stereocenters. The van der Waals surface area contributed by atoms with Crippen molar-refractivity contribution in [2.24, 2.45) is 0 Å². The van der Waals surface area contributed by atoms with Gasteiger partial charge in [0.05, 0.1) is 23.4 Å². The summed E-state index contributed by atoms with van der Waals surface area (Å²) in [6.07, 6.45) is 0.538. The molecule has 3 aromatic carbocycles. The summed E-state index contributed by atoms with van der Waals surface area (Å²) in [6.45, 7) is 3.79. The van der Waals surface area contributed by atoms with E-state index in [4.69, 9.17) is 4.74 Å². The molecule has 31 heavy (non-hydrogen) atoms. The number of carbonyl (C=O) groups excluding carboxylic acids is 1. The minimum atomic E-state index is -3.69. The number of carbonyl (C=O) groups is 1. The molecule has 3 aromatic rings. The molecule has 0 saturated heterocycles. The molecule has 0 spiro atoms. The van der Waals surface area contributed by atoms with E-state index in [0.29, 0.717) is 29.1 Å². The zero-order chi connectivity index (χ0) is 22.2. The molecule has 0 aromatic heterocycles. The highest BCUT2D eigenvalue weighted by Gasteiger charge is 2.36. The molecule has 1 amide bonds. The van der Waals surface area contributed by atoms with Gasteiger partial charge in [-0.1, -0.05) is 29.8 Å². The van der Waals surface area contributed by atoms with Gasteiger partial charge in [0.2, 0.25) is 0 Å². The lowest BCUT2D eigenvalue weighted by Crippen LogP contribution is -2.35. The fraction of sp³-hybridized carbons (Fsp3) is 0.208. The third kappa shape index (κ3) is 3.88. The Hall–Kier alpha value is -3.32. The van der Waals surface area contributed by atoms with E-state index in [1.54, 1.807) is 61.7 Å². The number of nitrogens with one attached hydrogen (secondary N) is 1. The molecule has 1 aliphatic heterocycles. The van der Waals surface area contributed by atoms with Crippen LogP contribution >= 0.6 is 0 Å².